The smallest absolute Gasteiger partial charge is 0.229 e. The first-order chi connectivity index (χ1) is 11.9. The highest BCUT2D eigenvalue weighted by Crippen LogP contribution is 2.28. The van der Waals surface area contributed by atoms with Gasteiger partial charge in [0.25, 0.3) is 0 Å². The molecule has 0 unspecified atom stereocenters. The number of rotatable bonds is 3. The second-order valence-corrected chi connectivity index (χ2v) is 6.28. The molecule has 0 saturated carbocycles. The molecule has 1 saturated heterocycles. The Labute approximate surface area is 142 Å². The van der Waals surface area contributed by atoms with Crippen molar-refractivity contribution >= 4 is 28.4 Å². The summed E-state index contributed by atoms with van der Waals surface area (Å²) in [6.45, 7) is 2.15. The SMILES string of the molecule is c1ccc(Nc2nc(N3CCCCCC3)c3ccccc3n2)cc1. The first kappa shape index (κ1) is 14.9. The molecule has 0 amide bonds. The van der Waals surface area contributed by atoms with E-state index in [4.69, 9.17) is 9.97 Å². The van der Waals surface area contributed by atoms with E-state index in [1.807, 2.05) is 36.4 Å². The van der Waals surface area contributed by atoms with Gasteiger partial charge in [0.05, 0.1) is 5.52 Å². The Kier molecular flexibility index (Phi) is 4.28. The highest BCUT2D eigenvalue weighted by molar-refractivity contribution is 5.90. The maximum absolute atomic E-state index is 4.87. The van der Waals surface area contributed by atoms with Gasteiger partial charge in [-0.1, -0.05) is 43.2 Å². The van der Waals surface area contributed by atoms with Gasteiger partial charge in [-0.2, -0.15) is 4.98 Å². The summed E-state index contributed by atoms with van der Waals surface area (Å²) in [6, 6.07) is 18.4. The zero-order valence-corrected chi connectivity index (χ0v) is 13.8. The van der Waals surface area contributed by atoms with E-state index >= 15 is 0 Å². The Bertz CT molecular complexity index is 808. The van der Waals surface area contributed by atoms with E-state index in [1.165, 1.54) is 25.7 Å². The van der Waals surface area contributed by atoms with Gasteiger partial charge >= 0.3 is 0 Å². The Balaban J connectivity index is 1.75. The van der Waals surface area contributed by atoms with Crippen LogP contribution in [0.1, 0.15) is 25.7 Å². The summed E-state index contributed by atoms with van der Waals surface area (Å²) >= 11 is 0. The van der Waals surface area contributed by atoms with E-state index in [0.717, 1.165) is 35.5 Å². The fourth-order valence-corrected chi connectivity index (χ4v) is 3.29. The molecule has 3 aromatic rings. The molecule has 4 rings (SSSR count). The maximum atomic E-state index is 4.87. The van der Waals surface area contributed by atoms with Gasteiger partial charge in [0.15, 0.2) is 0 Å². The summed E-state index contributed by atoms with van der Waals surface area (Å²) in [5, 5.41) is 4.48. The predicted octanol–water partition coefficient (Wildman–Crippen LogP) is 4.75. The van der Waals surface area contributed by atoms with Crippen LogP contribution in [0.3, 0.4) is 0 Å². The van der Waals surface area contributed by atoms with Crippen LogP contribution >= 0.6 is 0 Å². The lowest BCUT2D eigenvalue weighted by atomic mass is 10.2. The number of hydrogen-bond acceptors (Lipinski definition) is 4. The minimum Gasteiger partial charge on any atom is -0.356 e. The van der Waals surface area contributed by atoms with Gasteiger partial charge in [0.2, 0.25) is 5.95 Å². The van der Waals surface area contributed by atoms with Crippen LogP contribution in [0.2, 0.25) is 0 Å². The van der Waals surface area contributed by atoms with Gasteiger partial charge < -0.3 is 10.2 Å². The summed E-state index contributed by atoms with van der Waals surface area (Å²) in [4.78, 5) is 12.0. The molecule has 0 bridgehead atoms. The lowest BCUT2D eigenvalue weighted by Gasteiger charge is -2.23. The zero-order chi connectivity index (χ0) is 16.2. The van der Waals surface area contributed by atoms with E-state index < -0.39 is 0 Å². The van der Waals surface area contributed by atoms with Crippen LogP contribution in [0, 0.1) is 0 Å². The fourth-order valence-electron chi connectivity index (χ4n) is 3.29. The molecule has 4 heteroatoms. The van der Waals surface area contributed by atoms with Crippen molar-refractivity contribution in [3.05, 3.63) is 54.6 Å². The lowest BCUT2D eigenvalue weighted by molar-refractivity contribution is 0.726. The number of nitrogens with one attached hydrogen (secondary N) is 1. The molecule has 122 valence electrons. The number of fused-ring (bicyclic) bond motifs is 1. The van der Waals surface area contributed by atoms with Crippen molar-refractivity contribution in [1.82, 2.24) is 9.97 Å². The number of aromatic nitrogens is 2. The van der Waals surface area contributed by atoms with Crippen molar-refractivity contribution in [3.8, 4) is 0 Å². The lowest BCUT2D eigenvalue weighted by Crippen LogP contribution is -2.25. The molecule has 1 N–H and O–H groups in total. The molecule has 1 aliphatic heterocycles. The van der Waals surface area contributed by atoms with Crippen molar-refractivity contribution in [2.24, 2.45) is 0 Å². The second kappa shape index (κ2) is 6.87. The Morgan fingerprint density at radius 1 is 0.750 bits per heavy atom. The van der Waals surface area contributed by atoms with Crippen LogP contribution in [0.15, 0.2) is 54.6 Å². The van der Waals surface area contributed by atoms with Gasteiger partial charge in [-0.15, -0.1) is 0 Å². The van der Waals surface area contributed by atoms with E-state index in [2.05, 4.69) is 28.4 Å². The Hall–Kier alpha value is -2.62. The van der Waals surface area contributed by atoms with Crippen LogP contribution in [0.25, 0.3) is 10.9 Å². The molecule has 0 radical (unpaired) electrons. The van der Waals surface area contributed by atoms with Crippen LogP contribution in [0.5, 0.6) is 0 Å². The maximum Gasteiger partial charge on any atom is 0.229 e. The average Bonchev–Trinajstić information content (AvgIpc) is 2.91. The highest BCUT2D eigenvalue weighted by atomic mass is 15.2. The van der Waals surface area contributed by atoms with E-state index in [9.17, 15) is 0 Å². The summed E-state index contributed by atoms with van der Waals surface area (Å²) in [5.41, 5.74) is 2.00. The first-order valence-electron chi connectivity index (χ1n) is 8.74. The monoisotopic (exact) mass is 318 g/mol. The number of nitrogens with zero attached hydrogens (tertiary/aromatic N) is 3. The standard InChI is InChI=1S/C20H22N4/c1-2-9-15-24(14-8-1)19-17-12-6-7-13-18(17)22-20(23-19)21-16-10-4-3-5-11-16/h3-7,10-13H,1-2,8-9,14-15H2,(H,21,22,23). The topological polar surface area (TPSA) is 41.1 Å². The Morgan fingerprint density at radius 3 is 2.25 bits per heavy atom. The normalized spacial score (nSPS) is 15.2. The van der Waals surface area contributed by atoms with Crippen molar-refractivity contribution in [1.29, 1.82) is 0 Å². The molecule has 0 aliphatic carbocycles. The van der Waals surface area contributed by atoms with Gasteiger partial charge in [0.1, 0.15) is 5.82 Å². The predicted molar refractivity (Wildman–Crippen MR) is 99.9 cm³/mol. The Morgan fingerprint density at radius 2 is 1.46 bits per heavy atom. The summed E-state index contributed by atoms with van der Waals surface area (Å²) < 4.78 is 0. The quantitative estimate of drug-likeness (QED) is 0.756. The molecule has 1 aromatic heterocycles. The van der Waals surface area contributed by atoms with Gasteiger partial charge in [0, 0.05) is 24.2 Å². The van der Waals surface area contributed by atoms with Crippen LogP contribution in [-0.4, -0.2) is 23.1 Å². The minimum absolute atomic E-state index is 0.666. The second-order valence-electron chi connectivity index (χ2n) is 6.28. The number of benzene rings is 2. The molecule has 1 fully saturated rings. The molecule has 1 aliphatic rings. The molecule has 0 spiro atoms. The van der Waals surface area contributed by atoms with Crippen LogP contribution < -0.4 is 10.2 Å². The molecule has 2 aromatic carbocycles. The van der Waals surface area contributed by atoms with Gasteiger partial charge in [-0.05, 0) is 37.1 Å². The summed E-state index contributed by atoms with van der Waals surface area (Å²) in [5.74, 6) is 1.72. The largest absolute Gasteiger partial charge is 0.356 e. The number of para-hydroxylation sites is 2. The third-order valence-corrected chi connectivity index (χ3v) is 4.52. The molecule has 0 atom stereocenters. The highest BCUT2D eigenvalue weighted by Gasteiger charge is 2.16. The third kappa shape index (κ3) is 3.18. The number of hydrogen-bond donors (Lipinski definition) is 1. The van der Waals surface area contributed by atoms with E-state index in [0.29, 0.717) is 5.95 Å². The van der Waals surface area contributed by atoms with Crippen molar-refractivity contribution < 1.29 is 0 Å². The summed E-state index contributed by atoms with van der Waals surface area (Å²) in [7, 11) is 0. The van der Waals surface area contributed by atoms with E-state index in [1.54, 1.807) is 0 Å². The van der Waals surface area contributed by atoms with Crippen molar-refractivity contribution in [2.45, 2.75) is 25.7 Å². The molecule has 4 nitrogen and oxygen atoms in total. The van der Waals surface area contributed by atoms with Crippen molar-refractivity contribution in [3.63, 3.8) is 0 Å². The fraction of sp³-hybridized carbons (Fsp3) is 0.300. The first-order valence-corrected chi connectivity index (χ1v) is 8.74. The van der Waals surface area contributed by atoms with Crippen LogP contribution in [0.4, 0.5) is 17.5 Å². The number of anilines is 3. The van der Waals surface area contributed by atoms with Crippen molar-refractivity contribution in [2.75, 3.05) is 23.3 Å². The average molecular weight is 318 g/mol. The van der Waals surface area contributed by atoms with Crippen LogP contribution in [-0.2, 0) is 0 Å². The van der Waals surface area contributed by atoms with Gasteiger partial charge in [-0.3, -0.25) is 0 Å². The molecular formula is C20H22N4. The molecule has 2 heterocycles. The van der Waals surface area contributed by atoms with E-state index in [-0.39, 0.29) is 0 Å². The zero-order valence-electron chi connectivity index (χ0n) is 13.8. The van der Waals surface area contributed by atoms with Gasteiger partial charge in [-0.25, -0.2) is 4.98 Å². The third-order valence-electron chi connectivity index (χ3n) is 4.52. The summed E-state index contributed by atoms with van der Waals surface area (Å²) in [6.07, 6.45) is 5.10. The minimum atomic E-state index is 0.666. The molecular weight excluding hydrogens is 296 g/mol. The molecule has 24 heavy (non-hydrogen) atoms.